The average Bonchev–Trinajstić information content (AvgIpc) is 2.08. The van der Waals surface area contributed by atoms with Gasteiger partial charge in [0, 0.05) is 25.7 Å². The van der Waals surface area contributed by atoms with Crippen molar-refractivity contribution in [1.82, 2.24) is 9.80 Å². The molecule has 5 heteroatoms. The smallest absolute Gasteiger partial charge is 0.229 e. The summed E-state index contributed by atoms with van der Waals surface area (Å²) < 4.78 is 0. The Morgan fingerprint density at radius 3 is 2.71 bits per heavy atom. The largest absolute Gasteiger partial charge is 0.393 e. The molecule has 0 aromatic carbocycles. The summed E-state index contributed by atoms with van der Waals surface area (Å²) in [7, 11) is 2.07. The van der Waals surface area contributed by atoms with Gasteiger partial charge >= 0.3 is 0 Å². The second-order valence-corrected chi connectivity index (χ2v) is 4.34. The molecule has 0 aromatic heterocycles. The van der Waals surface area contributed by atoms with Gasteiger partial charge in [-0.1, -0.05) is 12.2 Å². The summed E-state index contributed by atoms with van der Waals surface area (Å²) in [6.07, 6.45) is 0.200. The second kappa shape index (κ2) is 4.70. The zero-order chi connectivity index (χ0) is 10.7. The minimum absolute atomic E-state index is 0.0532. The Morgan fingerprint density at radius 2 is 2.21 bits per heavy atom. The zero-order valence-corrected chi connectivity index (χ0v) is 9.51. The van der Waals surface area contributed by atoms with Crippen LogP contribution in [-0.2, 0) is 4.79 Å². The topological polar surface area (TPSA) is 49.6 Å². The third kappa shape index (κ3) is 2.92. The molecule has 1 fully saturated rings. The van der Waals surface area contributed by atoms with Crippen LogP contribution in [-0.4, -0.2) is 53.4 Å². The highest BCUT2D eigenvalue weighted by atomic mass is 32.1. The third-order valence-electron chi connectivity index (χ3n) is 2.64. The van der Waals surface area contributed by atoms with Crippen LogP contribution in [0.25, 0.3) is 0 Å². The Bertz CT molecular complexity index is 244. The van der Waals surface area contributed by atoms with Crippen molar-refractivity contribution in [2.24, 2.45) is 5.73 Å². The average molecular weight is 215 g/mol. The Morgan fingerprint density at radius 1 is 1.57 bits per heavy atom. The van der Waals surface area contributed by atoms with Crippen molar-refractivity contribution in [3.8, 4) is 0 Å². The lowest BCUT2D eigenvalue weighted by atomic mass is 10.2. The molecule has 0 spiro atoms. The van der Waals surface area contributed by atoms with E-state index in [0.717, 1.165) is 19.6 Å². The molecular weight excluding hydrogens is 198 g/mol. The van der Waals surface area contributed by atoms with Gasteiger partial charge in [0.05, 0.1) is 11.4 Å². The van der Waals surface area contributed by atoms with Gasteiger partial charge in [-0.2, -0.15) is 0 Å². The third-order valence-corrected chi connectivity index (χ3v) is 2.78. The molecule has 14 heavy (non-hydrogen) atoms. The highest BCUT2D eigenvalue weighted by Crippen LogP contribution is 2.08. The summed E-state index contributed by atoms with van der Waals surface area (Å²) in [5, 5.41) is 0. The molecule has 0 bridgehead atoms. The molecule has 80 valence electrons. The van der Waals surface area contributed by atoms with Gasteiger partial charge in [-0.25, -0.2) is 0 Å². The van der Waals surface area contributed by atoms with E-state index in [1.807, 2.05) is 4.90 Å². The number of amides is 1. The van der Waals surface area contributed by atoms with Gasteiger partial charge in [-0.05, 0) is 14.0 Å². The van der Waals surface area contributed by atoms with E-state index >= 15 is 0 Å². The van der Waals surface area contributed by atoms with Crippen molar-refractivity contribution >= 4 is 23.1 Å². The summed E-state index contributed by atoms with van der Waals surface area (Å²) in [5.41, 5.74) is 5.34. The van der Waals surface area contributed by atoms with E-state index in [1.54, 1.807) is 0 Å². The number of thiocarbonyl (C=S) groups is 1. The highest BCUT2D eigenvalue weighted by molar-refractivity contribution is 7.80. The zero-order valence-electron chi connectivity index (χ0n) is 8.69. The number of rotatable bonds is 2. The van der Waals surface area contributed by atoms with Gasteiger partial charge in [-0.3, -0.25) is 4.79 Å². The molecule has 1 rings (SSSR count). The van der Waals surface area contributed by atoms with Crippen molar-refractivity contribution in [3.05, 3.63) is 0 Å². The van der Waals surface area contributed by atoms with Crippen LogP contribution >= 0.6 is 12.2 Å². The van der Waals surface area contributed by atoms with Gasteiger partial charge < -0.3 is 15.5 Å². The molecular formula is C9H17N3OS. The fraction of sp³-hybridized carbons (Fsp3) is 0.778. The van der Waals surface area contributed by atoms with E-state index in [1.165, 1.54) is 0 Å². The lowest BCUT2D eigenvalue weighted by Crippen LogP contribution is -2.52. The Balaban J connectivity index is 2.46. The molecule has 0 saturated carbocycles. The minimum Gasteiger partial charge on any atom is -0.393 e. The molecule has 1 aliphatic heterocycles. The highest BCUT2D eigenvalue weighted by Gasteiger charge is 2.24. The van der Waals surface area contributed by atoms with E-state index in [0.29, 0.717) is 6.04 Å². The normalized spacial score (nSPS) is 23.6. The van der Waals surface area contributed by atoms with Crippen molar-refractivity contribution in [2.75, 3.05) is 26.7 Å². The maximum Gasteiger partial charge on any atom is 0.229 e. The van der Waals surface area contributed by atoms with Crippen LogP contribution in [0.5, 0.6) is 0 Å². The predicted molar refractivity (Wildman–Crippen MR) is 60.1 cm³/mol. The van der Waals surface area contributed by atoms with Crippen LogP contribution in [0.3, 0.4) is 0 Å². The Hall–Kier alpha value is -0.680. The van der Waals surface area contributed by atoms with Crippen LogP contribution in [0.4, 0.5) is 0 Å². The molecule has 0 radical (unpaired) electrons. The second-order valence-electron chi connectivity index (χ2n) is 3.81. The van der Waals surface area contributed by atoms with Crippen molar-refractivity contribution in [3.63, 3.8) is 0 Å². The maximum absolute atomic E-state index is 11.6. The first-order valence-corrected chi connectivity index (χ1v) is 5.18. The maximum atomic E-state index is 11.6. The molecule has 1 unspecified atom stereocenters. The molecule has 1 saturated heterocycles. The molecule has 4 nitrogen and oxygen atoms in total. The molecule has 2 N–H and O–H groups in total. The van der Waals surface area contributed by atoms with E-state index in [4.69, 9.17) is 18.0 Å². The fourth-order valence-electron chi connectivity index (χ4n) is 1.54. The molecule has 1 aliphatic rings. The number of piperazine rings is 1. The number of carbonyl (C=O) groups is 1. The van der Waals surface area contributed by atoms with Gasteiger partial charge in [0.2, 0.25) is 5.91 Å². The predicted octanol–water partition coefficient (Wildman–Crippen LogP) is -0.175. The van der Waals surface area contributed by atoms with Gasteiger partial charge in [-0.15, -0.1) is 0 Å². The van der Waals surface area contributed by atoms with Crippen molar-refractivity contribution in [2.45, 2.75) is 19.4 Å². The van der Waals surface area contributed by atoms with Crippen molar-refractivity contribution < 1.29 is 4.79 Å². The molecule has 1 atom stereocenters. The van der Waals surface area contributed by atoms with Crippen LogP contribution in [0.2, 0.25) is 0 Å². The summed E-state index contributed by atoms with van der Waals surface area (Å²) in [4.78, 5) is 16.0. The number of likely N-dealkylation sites (N-methyl/N-ethyl adjacent to an activating group) is 1. The number of carbonyl (C=O) groups excluding carboxylic acids is 1. The van der Waals surface area contributed by atoms with E-state index in [9.17, 15) is 4.79 Å². The lowest BCUT2D eigenvalue weighted by Gasteiger charge is -2.37. The van der Waals surface area contributed by atoms with Crippen LogP contribution < -0.4 is 5.73 Å². The number of hydrogen-bond donors (Lipinski definition) is 1. The van der Waals surface area contributed by atoms with Crippen LogP contribution in [0, 0.1) is 0 Å². The van der Waals surface area contributed by atoms with Gasteiger partial charge in [0.15, 0.2) is 0 Å². The summed E-state index contributed by atoms with van der Waals surface area (Å²) in [6, 6.07) is 0.416. The van der Waals surface area contributed by atoms with Crippen molar-refractivity contribution in [1.29, 1.82) is 0 Å². The summed E-state index contributed by atoms with van der Waals surface area (Å²) >= 11 is 4.71. The van der Waals surface area contributed by atoms with E-state index in [-0.39, 0.29) is 17.3 Å². The monoisotopic (exact) mass is 215 g/mol. The first-order valence-electron chi connectivity index (χ1n) is 4.77. The Labute approximate surface area is 90.0 Å². The molecule has 1 amide bonds. The lowest BCUT2D eigenvalue weighted by molar-refractivity contribution is -0.132. The molecule has 0 aliphatic carbocycles. The number of nitrogens with zero attached hydrogens (tertiary/aromatic N) is 2. The Kier molecular flexibility index (Phi) is 3.83. The quantitative estimate of drug-likeness (QED) is 0.650. The van der Waals surface area contributed by atoms with Gasteiger partial charge in [0.25, 0.3) is 0 Å². The first-order chi connectivity index (χ1) is 6.50. The van der Waals surface area contributed by atoms with Crippen LogP contribution in [0.15, 0.2) is 0 Å². The summed E-state index contributed by atoms with van der Waals surface area (Å²) in [6.45, 7) is 4.59. The number of hydrogen-bond acceptors (Lipinski definition) is 3. The minimum atomic E-state index is 0.0532. The SMILES string of the molecule is CC1CN(C(=O)CC(N)=S)CCN1C. The van der Waals surface area contributed by atoms with Gasteiger partial charge in [0.1, 0.15) is 0 Å². The fourth-order valence-corrected chi connectivity index (χ4v) is 1.66. The summed E-state index contributed by atoms with van der Waals surface area (Å²) in [5.74, 6) is 0.0532. The number of nitrogens with two attached hydrogens (primary N) is 1. The van der Waals surface area contributed by atoms with E-state index in [2.05, 4.69) is 18.9 Å². The van der Waals surface area contributed by atoms with E-state index < -0.39 is 0 Å². The molecule has 1 heterocycles. The van der Waals surface area contributed by atoms with Crippen LogP contribution in [0.1, 0.15) is 13.3 Å². The molecule has 0 aromatic rings. The standard InChI is InChI=1S/C9H17N3OS/c1-7-6-12(4-3-11(7)2)9(13)5-8(10)14/h7H,3-6H2,1-2H3,(H2,10,14). The first kappa shape index (κ1) is 11.4.